The van der Waals surface area contributed by atoms with Gasteiger partial charge in [-0.15, -0.1) is 0 Å². The van der Waals surface area contributed by atoms with Gasteiger partial charge in [0.1, 0.15) is 12.5 Å². The van der Waals surface area contributed by atoms with Crippen LogP contribution in [-0.2, 0) is 19.1 Å². The van der Waals surface area contributed by atoms with Crippen molar-refractivity contribution in [2.45, 2.75) is 47.0 Å². The Kier molecular flexibility index (Phi) is 10.5. The van der Waals surface area contributed by atoms with Crippen LogP contribution in [0.1, 0.15) is 47.0 Å². The summed E-state index contributed by atoms with van der Waals surface area (Å²) in [6, 6.07) is 0. The molecular formula is C17H32N2O4. The molecule has 0 bridgehead atoms. The van der Waals surface area contributed by atoms with Gasteiger partial charge >= 0.3 is 0 Å². The third-order valence-corrected chi connectivity index (χ3v) is 3.47. The third-order valence-electron chi connectivity index (χ3n) is 3.47. The zero-order chi connectivity index (χ0) is 18.0. The van der Waals surface area contributed by atoms with Crippen molar-refractivity contribution in [3.05, 3.63) is 0 Å². The highest BCUT2D eigenvalue weighted by atomic mass is 16.5. The Hall–Kier alpha value is -1.43. The largest absolute Gasteiger partial charge is 0.361 e. The maximum Gasteiger partial charge on any atom is 0.231 e. The SMILES string of the molecule is CC(C)CC(=O)N(C)CCCOCN(C)C(=O)CC(=O)C(C)C. The van der Waals surface area contributed by atoms with Gasteiger partial charge < -0.3 is 14.5 Å². The first kappa shape index (κ1) is 21.6. The Morgan fingerprint density at radius 1 is 0.957 bits per heavy atom. The van der Waals surface area contributed by atoms with E-state index < -0.39 is 0 Å². The van der Waals surface area contributed by atoms with E-state index in [0.29, 0.717) is 31.9 Å². The molecule has 0 aliphatic heterocycles. The zero-order valence-corrected chi connectivity index (χ0v) is 15.4. The Morgan fingerprint density at radius 2 is 1.57 bits per heavy atom. The van der Waals surface area contributed by atoms with Crippen LogP contribution in [0.15, 0.2) is 0 Å². The van der Waals surface area contributed by atoms with E-state index in [2.05, 4.69) is 0 Å². The van der Waals surface area contributed by atoms with Crippen molar-refractivity contribution in [1.29, 1.82) is 0 Å². The molecule has 0 aromatic carbocycles. The minimum atomic E-state index is -0.229. The van der Waals surface area contributed by atoms with Gasteiger partial charge in [-0.2, -0.15) is 0 Å². The molecule has 6 heteroatoms. The summed E-state index contributed by atoms with van der Waals surface area (Å²) < 4.78 is 5.43. The summed E-state index contributed by atoms with van der Waals surface area (Å²) in [5, 5.41) is 0. The molecule has 0 aromatic rings. The number of nitrogens with zero attached hydrogens (tertiary/aromatic N) is 2. The molecule has 0 heterocycles. The molecule has 0 radical (unpaired) electrons. The molecule has 0 unspecified atom stereocenters. The maximum atomic E-state index is 11.8. The quantitative estimate of drug-likeness (QED) is 0.330. The highest BCUT2D eigenvalue weighted by Crippen LogP contribution is 2.04. The van der Waals surface area contributed by atoms with Crippen LogP contribution in [0.25, 0.3) is 0 Å². The number of ether oxygens (including phenoxy) is 1. The van der Waals surface area contributed by atoms with Crippen molar-refractivity contribution < 1.29 is 19.1 Å². The van der Waals surface area contributed by atoms with Crippen LogP contribution in [0.5, 0.6) is 0 Å². The van der Waals surface area contributed by atoms with Crippen molar-refractivity contribution >= 4 is 17.6 Å². The monoisotopic (exact) mass is 328 g/mol. The predicted molar refractivity (Wildman–Crippen MR) is 89.8 cm³/mol. The molecule has 134 valence electrons. The second kappa shape index (κ2) is 11.2. The first-order chi connectivity index (χ1) is 10.6. The molecule has 2 amide bonds. The summed E-state index contributed by atoms with van der Waals surface area (Å²) in [7, 11) is 3.41. The maximum absolute atomic E-state index is 11.8. The number of hydrogen-bond donors (Lipinski definition) is 0. The van der Waals surface area contributed by atoms with Crippen molar-refractivity contribution in [3.8, 4) is 0 Å². The van der Waals surface area contributed by atoms with Crippen LogP contribution in [-0.4, -0.2) is 61.4 Å². The lowest BCUT2D eigenvalue weighted by molar-refractivity contribution is -0.139. The van der Waals surface area contributed by atoms with E-state index >= 15 is 0 Å². The number of hydrogen-bond acceptors (Lipinski definition) is 4. The van der Waals surface area contributed by atoms with Gasteiger partial charge in [-0.05, 0) is 12.3 Å². The molecule has 0 saturated carbocycles. The predicted octanol–water partition coefficient (Wildman–Crippen LogP) is 1.93. The smallest absolute Gasteiger partial charge is 0.231 e. The first-order valence-corrected chi connectivity index (χ1v) is 8.23. The molecule has 0 aliphatic carbocycles. The van der Waals surface area contributed by atoms with Crippen LogP contribution < -0.4 is 0 Å². The van der Waals surface area contributed by atoms with Crippen LogP contribution in [0, 0.1) is 11.8 Å². The van der Waals surface area contributed by atoms with E-state index in [1.807, 2.05) is 13.8 Å². The fourth-order valence-corrected chi connectivity index (χ4v) is 1.80. The number of amides is 2. The van der Waals surface area contributed by atoms with Gasteiger partial charge in [0, 0.05) is 33.0 Å². The molecule has 0 aliphatic rings. The van der Waals surface area contributed by atoms with E-state index in [-0.39, 0.29) is 36.7 Å². The van der Waals surface area contributed by atoms with E-state index in [9.17, 15) is 14.4 Å². The highest BCUT2D eigenvalue weighted by Gasteiger charge is 2.16. The first-order valence-electron chi connectivity index (χ1n) is 8.23. The minimum absolute atomic E-state index is 0.0628. The van der Waals surface area contributed by atoms with Gasteiger partial charge in [0.15, 0.2) is 0 Å². The Bertz CT molecular complexity index is 394. The van der Waals surface area contributed by atoms with Gasteiger partial charge in [0.25, 0.3) is 0 Å². The number of Topliss-reactive ketones (excluding diaryl/α,β-unsaturated/α-hetero) is 1. The Labute approximate surface area is 140 Å². The number of carbonyl (C=O) groups is 3. The average Bonchev–Trinajstić information content (AvgIpc) is 2.45. The number of ketones is 1. The summed E-state index contributed by atoms with van der Waals surface area (Å²) in [6.45, 7) is 8.86. The molecular weight excluding hydrogens is 296 g/mol. The topological polar surface area (TPSA) is 66.9 Å². The summed E-state index contributed by atoms with van der Waals surface area (Å²) in [4.78, 5) is 38.2. The van der Waals surface area contributed by atoms with Gasteiger partial charge in [-0.1, -0.05) is 27.7 Å². The van der Waals surface area contributed by atoms with Crippen LogP contribution >= 0.6 is 0 Å². The summed E-state index contributed by atoms with van der Waals surface area (Å²) in [5.41, 5.74) is 0. The van der Waals surface area contributed by atoms with Crippen molar-refractivity contribution in [2.24, 2.45) is 11.8 Å². The summed E-state index contributed by atoms with van der Waals surface area (Å²) in [5.74, 6) is 0.0705. The van der Waals surface area contributed by atoms with Crippen LogP contribution in [0.3, 0.4) is 0 Å². The fourth-order valence-electron chi connectivity index (χ4n) is 1.80. The van der Waals surface area contributed by atoms with Crippen molar-refractivity contribution in [2.75, 3.05) is 34.0 Å². The van der Waals surface area contributed by atoms with Crippen molar-refractivity contribution in [3.63, 3.8) is 0 Å². The van der Waals surface area contributed by atoms with E-state index in [1.165, 1.54) is 4.90 Å². The molecule has 0 atom stereocenters. The molecule has 0 N–H and O–H groups in total. The summed E-state index contributed by atoms with van der Waals surface area (Å²) >= 11 is 0. The van der Waals surface area contributed by atoms with Gasteiger partial charge in [-0.3, -0.25) is 14.4 Å². The molecule has 23 heavy (non-hydrogen) atoms. The lowest BCUT2D eigenvalue weighted by Crippen LogP contribution is -2.32. The molecule has 0 saturated heterocycles. The Balaban J connectivity index is 3.84. The lowest BCUT2D eigenvalue weighted by Gasteiger charge is -2.20. The van der Waals surface area contributed by atoms with Gasteiger partial charge in [0.05, 0.1) is 13.0 Å². The van der Waals surface area contributed by atoms with E-state index in [1.54, 1.807) is 32.8 Å². The van der Waals surface area contributed by atoms with E-state index in [0.717, 1.165) is 0 Å². The molecule has 0 rings (SSSR count). The van der Waals surface area contributed by atoms with Crippen LogP contribution in [0.4, 0.5) is 0 Å². The average molecular weight is 328 g/mol. The normalized spacial score (nSPS) is 11.0. The standard InChI is InChI=1S/C17H32N2O4/c1-13(2)10-16(21)18(5)8-7-9-23-12-19(6)17(22)11-15(20)14(3)4/h13-14H,7-12H2,1-6H3. The van der Waals surface area contributed by atoms with Crippen molar-refractivity contribution in [1.82, 2.24) is 9.80 Å². The second-order valence-electron chi connectivity index (χ2n) is 6.69. The molecule has 0 spiro atoms. The molecule has 0 fully saturated rings. The lowest BCUT2D eigenvalue weighted by atomic mass is 10.1. The van der Waals surface area contributed by atoms with Gasteiger partial charge in [0.2, 0.25) is 11.8 Å². The Morgan fingerprint density at radius 3 is 2.09 bits per heavy atom. The number of rotatable bonds is 11. The van der Waals surface area contributed by atoms with Gasteiger partial charge in [-0.25, -0.2) is 0 Å². The zero-order valence-electron chi connectivity index (χ0n) is 15.4. The van der Waals surface area contributed by atoms with Crippen LogP contribution in [0.2, 0.25) is 0 Å². The second-order valence-corrected chi connectivity index (χ2v) is 6.69. The fraction of sp³-hybridized carbons (Fsp3) is 0.824. The third kappa shape index (κ3) is 10.0. The van der Waals surface area contributed by atoms with E-state index in [4.69, 9.17) is 4.74 Å². The molecule has 0 aromatic heterocycles. The number of carbonyl (C=O) groups excluding carboxylic acids is 3. The summed E-state index contributed by atoms with van der Waals surface area (Å²) in [6.07, 6.45) is 1.19. The minimum Gasteiger partial charge on any atom is -0.361 e. The highest BCUT2D eigenvalue weighted by molar-refractivity contribution is 5.98. The molecule has 6 nitrogen and oxygen atoms in total.